The van der Waals surface area contributed by atoms with Crippen LogP contribution in [0.2, 0.25) is 0 Å². The summed E-state index contributed by atoms with van der Waals surface area (Å²) in [5.41, 5.74) is 0.520. The fourth-order valence-electron chi connectivity index (χ4n) is 5.11. The van der Waals surface area contributed by atoms with E-state index in [0.717, 1.165) is 18.4 Å². The Morgan fingerprint density at radius 2 is 1.89 bits per heavy atom. The van der Waals surface area contributed by atoms with Gasteiger partial charge in [-0.05, 0) is 55.9 Å². The van der Waals surface area contributed by atoms with Gasteiger partial charge in [-0.1, -0.05) is 5.16 Å². The summed E-state index contributed by atoms with van der Waals surface area (Å²) < 4.78 is 50.7. The van der Waals surface area contributed by atoms with Crippen LogP contribution < -0.4 is 9.47 Å². The van der Waals surface area contributed by atoms with Crippen molar-refractivity contribution in [2.24, 2.45) is 5.92 Å². The number of methoxy groups -OCH3 is 2. The first kappa shape index (κ1) is 24.7. The average Bonchev–Trinajstić information content (AvgIpc) is 3.37. The van der Waals surface area contributed by atoms with Gasteiger partial charge in [0.25, 0.3) is 0 Å². The minimum absolute atomic E-state index is 0.115. The van der Waals surface area contributed by atoms with Crippen LogP contribution in [-0.2, 0) is 21.2 Å². The summed E-state index contributed by atoms with van der Waals surface area (Å²) in [5.74, 6) is 2.26. The van der Waals surface area contributed by atoms with Gasteiger partial charge in [-0.25, -0.2) is 8.42 Å². The Morgan fingerprint density at radius 1 is 1.11 bits per heavy atom. The molecule has 0 saturated carbocycles. The standard InChI is InChI=1S/C25H30N4O6S/c1-32-20-3-4-21(33-2)22(16-20)36(30,31)29-12-8-25(9-13-29)17-18(7-14-34-25)15-23-27-24(28-35-23)19-5-10-26-11-6-19/h3-6,10-11,16,18H,7-9,12-15,17H2,1-2H3. The largest absolute Gasteiger partial charge is 0.497 e. The van der Waals surface area contributed by atoms with Crippen LogP contribution >= 0.6 is 0 Å². The van der Waals surface area contributed by atoms with Crippen LogP contribution in [0, 0.1) is 5.92 Å². The zero-order valence-corrected chi connectivity index (χ0v) is 21.2. The summed E-state index contributed by atoms with van der Waals surface area (Å²) in [5, 5.41) is 4.11. The number of nitrogens with zero attached hydrogens (tertiary/aromatic N) is 4. The van der Waals surface area contributed by atoms with Crippen molar-refractivity contribution in [2.45, 2.75) is 42.6 Å². The first-order valence-electron chi connectivity index (χ1n) is 12.0. The fraction of sp³-hybridized carbons (Fsp3) is 0.480. The van der Waals surface area contributed by atoms with E-state index in [4.69, 9.17) is 18.7 Å². The lowest BCUT2D eigenvalue weighted by Crippen LogP contribution is -2.50. The summed E-state index contributed by atoms with van der Waals surface area (Å²) >= 11 is 0. The van der Waals surface area contributed by atoms with Crippen molar-refractivity contribution in [1.82, 2.24) is 19.4 Å². The molecule has 36 heavy (non-hydrogen) atoms. The van der Waals surface area contributed by atoms with E-state index in [2.05, 4.69) is 15.1 Å². The van der Waals surface area contributed by atoms with Gasteiger partial charge in [0.15, 0.2) is 0 Å². The van der Waals surface area contributed by atoms with E-state index >= 15 is 0 Å². The van der Waals surface area contributed by atoms with E-state index in [1.165, 1.54) is 24.6 Å². The molecule has 1 spiro atoms. The molecule has 1 atom stereocenters. The maximum Gasteiger partial charge on any atom is 0.246 e. The molecule has 0 bridgehead atoms. The molecule has 2 aliphatic rings. The molecule has 2 aliphatic heterocycles. The number of pyridine rings is 1. The Balaban J connectivity index is 1.24. The van der Waals surface area contributed by atoms with Gasteiger partial charge in [0.1, 0.15) is 16.4 Å². The molecule has 2 saturated heterocycles. The van der Waals surface area contributed by atoms with Gasteiger partial charge in [0.2, 0.25) is 21.7 Å². The normalized spacial score (nSPS) is 20.3. The van der Waals surface area contributed by atoms with E-state index in [1.54, 1.807) is 24.5 Å². The number of hydrogen-bond donors (Lipinski definition) is 0. The third kappa shape index (κ3) is 4.95. The SMILES string of the molecule is COc1ccc(OC)c(S(=O)(=O)N2CCC3(CC2)CC(Cc2nc(-c4ccncc4)no2)CCO3)c1. The van der Waals surface area contributed by atoms with Gasteiger partial charge in [-0.15, -0.1) is 0 Å². The van der Waals surface area contributed by atoms with Gasteiger partial charge in [-0.2, -0.15) is 9.29 Å². The first-order chi connectivity index (χ1) is 17.4. The van der Waals surface area contributed by atoms with Crippen molar-refractivity contribution in [1.29, 1.82) is 0 Å². The molecule has 0 N–H and O–H groups in total. The molecule has 4 heterocycles. The molecule has 0 radical (unpaired) electrons. The van der Waals surface area contributed by atoms with Gasteiger partial charge < -0.3 is 18.7 Å². The predicted molar refractivity (Wildman–Crippen MR) is 130 cm³/mol. The maximum atomic E-state index is 13.4. The van der Waals surface area contributed by atoms with Gasteiger partial charge in [0.05, 0.1) is 19.8 Å². The monoisotopic (exact) mass is 514 g/mol. The lowest BCUT2D eigenvalue weighted by molar-refractivity contribution is -0.121. The molecule has 1 unspecified atom stereocenters. The number of benzene rings is 1. The molecule has 1 aromatic carbocycles. The van der Waals surface area contributed by atoms with Crippen LogP contribution in [0.15, 0.2) is 52.1 Å². The van der Waals surface area contributed by atoms with Crippen LogP contribution in [0.4, 0.5) is 0 Å². The maximum absolute atomic E-state index is 13.4. The molecule has 0 amide bonds. The van der Waals surface area contributed by atoms with Crippen molar-refractivity contribution in [3.63, 3.8) is 0 Å². The predicted octanol–water partition coefficient (Wildman–Crippen LogP) is 3.34. The number of hydrogen-bond acceptors (Lipinski definition) is 9. The lowest BCUT2D eigenvalue weighted by atomic mass is 9.79. The van der Waals surface area contributed by atoms with E-state index in [1.807, 2.05) is 12.1 Å². The van der Waals surface area contributed by atoms with E-state index in [9.17, 15) is 8.42 Å². The van der Waals surface area contributed by atoms with E-state index in [-0.39, 0.29) is 10.5 Å². The van der Waals surface area contributed by atoms with Crippen molar-refractivity contribution >= 4 is 10.0 Å². The zero-order chi connectivity index (χ0) is 25.2. The summed E-state index contributed by atoms with van der Waals surface area (Å²) in [7, 11) is -0.772. The number of aromatic nitrogens is 3. The van der Waals surface area contributed by atoms with Crippen molar-refractivity contribution in [3.8, 4) is 22.9 Å². The van der Waals surface area contributed by atoms with Crippen molar-refractivity contribution in [2.75, 3.05) is 33.9 Å². The van der Waals surface area contributed by atoms with Crippen LogP contribution in [0.5, 0.6) is 11.5 Å². The topological polar surface area (TPSA) is 117 Å². The lowest BCUT2D eigenvalue weighted by Gasteiger charge is -2.45. The smallest absolute Gasteiger partial charge is 0.246 e. The minimum Gasteiger partial charge on any atom is -0.497 e. The number of sulfonamides is 1. The molecule has 0 aliphatic carbocycles. The first-order valence-corrected chi connectivity index (χ1v) is 13.5. The quantitative estimate of drug-likeness (QED) is 0.468. The summed E-state index contributed by atoms with van der Waals surface area (Å²) in [6.07, 6.45) is 7.05. The highest BCUT2D eigenvalue weighted by atomic mass is 32.2. The molecule has 3 aromatic rings. The van der Waals surface area contributed by atoms with Crippen molar-refractivity contribution < 1.29 is 27.2 Å². The number of rotatable bonds is 7. The van der Waals surface area contributed by atoms with Crippen LogP contribution in [0.3, 0.4) is 0 Å². The van der Waals surface area contributed by atoms with Gasteiger partial charge in [-0.3, -0.25) is 4.98 Å². The third-order valence-electron chi connectivity index (χ3n) is 7.09. The van der Waals surface area contributed by atoms with Gasteiger partial charge >= 0.3 is 0 Å². The highest BCUT2D eigenvalue weighted by Crippen LogP contribution is 2.41. The molecule has 11 heteroatoms. The molecule has 5 rings (SSSR count). The minimum atomic E-state index is -3.74. The third-order valence-corrected chi connectivity index (χ3v) is 9.01. The zero-order valence-electron chi connectivity index (χ0n) is 20.4. The highest BCUT2D eigenvalue weighted by Gasteiger charge is 2.43. The molecule has 2 aromatic heterocycles. The second kappa shape index (κ2) is 10.2. The molecule has 2 fully saturated rings. The van der Waals surface area contributed by atoms with Crippen LogP contribution in [0.25, 0.3) is 11.4 Å². The second-order valence-electron chi connectivity index (χ2n) is 9.26. The Labute approximate surface area is 210 Å². The van der Waals surface area contributed by atoms with Crippen molar-refractivity contribution in [3.05, 3.63) is 48.6 Å². The Morgan fingerprint density at radius 3 is 2.61 bits per heavy atom. The number of ether oxygens (including phenoxy) is 3. The Bertz CT molecular complexity index is 1290. The molecule has 10 nitrogen and oxygen atoms in total. The summed E-state index contributed by atoms with van der Waals surface area (Å²) in [6.45, 7) is 1.39. The molecular formula is C25H30N4O6S. The Hall–Kier alpha value is -3.02. The molecular weight excluding hydrogens is 484 g/mol. The Kier molecular flexibility index (Phi) is 6.96. The van der Waals surface area contributed by atoms with E-state index < -0.39 is 10.0 Å². The average molecular weight is 515 g/mol. The fourth-order valence-corrected chi connectivity index (χ4v) is 6.73. The summed E-state index contributed by atoms with van der Waals surface area (Å²) in [6, 6.07) is 8.50. The van der Waals surface area contributed by atoms with E-state index in [0.29, 0.717) is 68.1 Å². The van der Waals surface area contributed by atoms with Crippen LogP contribution in [-0.4, -0.2) is 67.4 Å². The van der Waals surface area contributed by atoms with Gasteiger partial charge in [0, 0.05) is 50.1 Å². The summed E-state index contributed by atoms with van der Waals surface area (Å²) in [4.78, 5) is 8.70. The number of piperidine rings is 1. The highest BCUT2D eigenvalue weighted by molar-refractivity contribution is 7.89. The molecule has 192 valence electrons. The second-order valence-corrected chi connectivity index (χ2v) is 11.2. The van der Waals surface area contributed by atoms with Crippen LogP contribution in [0.1, 0.15) is 31.6 Å².